The molecule has 0 aromatic heterocycles. The molecule has 0 aliphatic carbocycles. The summed E-state index contributed by atoms with van der Waals surface area (Å²) in [6.07, 6.45) is 1.01. The second kappa shape index (κ2) is 9.83. The van der Waals surface area contributed by atoms with Gasteiger partial charge in [0.2, 0.25) is 15.9 Å². The van der Waals surface area contributed by atoms with Crippen molar-refractivity contribution in [1.82, 2.24) is 14.9 Å². The average Bonchev–Trinajstić information content (AvgIpc) is 2.67. The van der Waals surface area contributed by atoms with Crippen LogP contribution in [0, 0.1) is 5.82 Å². The number of likely N-dealkylation sites (tertiary alicyclic amines) is 1. The second-order valence-corrected chi connectivity index (χ2v) is 8.22. The van der Waals surface area contributed by atoms with Crippen LogP contribution in [0.25, 0.3) is 0 Å². The fraction of sp³-hybridized carbons (Fsp3) is 0.556. The van der Waals surface area contributed by atoms with Crippen molar-refractivity contribution in [1.29, 1.82) is 0 Å². The van der Waals surface area contributed by atoms with E-state index in [9.17, 15) is 22.4 Å². The number of sulfonamides is 1. The summed E-state index contributed by atoms with van der Waals surface area (Å²) >= 11 is 0. The number of carbonyl (C=O) groups is 2. The smallest absolute Gasteiger partial charge is 0.409 e. The van der Waals surface area contributed by atoms with Crippen molar-refractivity contribution in [2.24, 2.45) is 0 Å². The van der Waals surface area contributed by atoms with Crippen LogP contribution in [-0.2, 0) is 19.6 Å². The fourth-order valence-corrected chi connectivity index (χ4v) is 4.19. The first-order chi connectivity index (χ1) is 13.3. The maximum atomic E-state index is 13.0. The Kier molecular flexibility index (Phi) is 7.76. The van der Waals surface area contributed by atoms with Gasteiger partial charge in [-0.25, -0.2) is 17.6 Å². The SMILES string of the molecule is CCOC(=O)N1CCC(NC(=O)C(CC)NS(=O)(=O)c2ccc(F)cc2)CC1. The highest BCUT2D eigenvalue weighted by molar-refractivity contribution is 7.89. The molecule has 2 amide bonds. The van der Waals surface area contributed by atoms with Gasteiger partial charge in [0, 0.05) is 19.1 Å². The van der Waals surface area contributed by atoms with E-state index in [4.69, 9.17) is 4.74 Å². The summed E-state index contributed by atoms with van der Waals surface area (Å²) < 4.78 is 45.2. The van der Waals surface area contributed by atoms with Crippen LogP contribution in [-0.4, -0.2) is 57.1 Å². The quantitative estimate of drug-likeness (QED) is 0.704. The number of amides is 2. The van der Waals surface area contributed by atoms with Crippen molar-refractivity contribution < 1.29 is 27.1 Å². The predicted octanol–water partition coefficient (Wildman–Crippen LogP) is 1.62. The van der Waals surface area contributed by atoms with E-state index in [1.807, 2.05) is 0 Å². The lowest BCUT2D eigenvalue weighted by Gasteiger charge is -2.32. The first-order valence-corrected chi connectivity index (χ1v) is 10.7. The molecular weight excluding hydrogens is 389 g/mol. The minimum atomic E-state index is -3.95. The zero-order valence-electron chi connectivity index (χ0n) is 16.0. The van der Waals surface area contributed by atoms with Gasteiger partial charge in [-0.05, 0) is 50.5 Å². The third-order valence-corrected chi connectivity index (χ3v) is 6.00. The highest BCUT2D eigenvalue weighted by atomic mass is 32.2. The number of nitrogens with zero attached hydrogens (tertiary/aromatic N) is 1. The van der Waals surface area contributed by atoms with Crippen molar-refractivity contribution >= 4 is 22.0 Å². The highest BCUT2D eigenvalue weighted by Crippen LogP contribution is 2.14. The summed E-state index contributed by atoms with van der Waals surface area (Å²) in [5.41, 5.74) is 0. The van der Waals surface area contributed by atoms with E-state index >= 15 is 0 Å². The summed E-state index contributed by atoms with van der Waals surface area (Å²) in [5, 5.41) is 2.84. The van der Waals surface area contributed by atoms with Crippen molar-refractivity contribution in [3.8, 4) is 0 Å². The van der Waals surface area contributed by atoms with Gasteiger partial charge in [-0.3, -0.25) is 4.79 Å². The van der Waals surface area contributed by atoms with Gasteiger partial charge in [-0.15, -0.1) is 0 Å². The molecule has 1 atom stereocenters. The molecule has 8 nitrogen and oxygen atoms in total. The molecule has 1 aliphatic rings. The highest BCUT2D eigenvalue weighted by Gasteiger charge is 2.29. The third kappa shape index (κ3) is 5.90. The summed E-state index contributed by atoms with van der Waals surface area (Å²) in [7, 11) is -3.95. The van der Waals surface area contributed by atoms with Crippen LogP contribution in [0.2, 0.25) is 0 Å². The average molecular weight is 415 g/mol. The first-order valence-electron chi connectivity index (χ1n) is 9.26. The Labute approximate surface area is 164 Å². The number of benzene rings is 1. The lowest BCUT2D eigenvalue weighted by atomic mass is 10.0. The molecular formula is C18H26FN3O5S. The van der Waals surface area contributed by atoms with Gasteiger partial charge in [0.05, 0.1) is 11.5 Å². The van der Waals surface area contributed by atoms with E-state index in [1.165, 1.54) is 0 Å². The van der Waals surface area contributed by atoms with E-state index in [-0.39, 0.29) is 23.5 Å². The Morgan fingerprint density at radius 2 is 1.82 bits per heavy atom. The van der Waals surface area contributed by atoms with E-state index in [2.05, 4.69) is 10.0 Å². The van der Waals surface area contributed by atoms with Gasteiger partial charge in [0.25, 0.3) is 0 Å². The van der Waals surface area contributed by atoms with E-state index in [0.29, 0.717) is 32.5 Å². The zero-order valence-corrected chi connectivity index (χ0v) is 16.8. The Hall–Kier alpha value is -2.20. The fourth-order valence-electron chi connectivity index (χ4n) is 2.91. The van der Waals surface area contributed by atoms with Gasteiger partial charge in [-0.2, -0.15) is 4.72 Å². The molecule has 2 N–H and O–H groups in total. The molecule has 1 aromatic carbocycles. The second-order valence-electron chi connectivity index (χ2n) is 6.50. The molecule has 0 bridgehead atoms. The number of nitrogens with one attached hydrogen (secondary N) is 2. The third-order valence-electron chi connectivity index (χ3n) is 4.51. The Balaban J connectivity index is 1.91. The van der Waals surface area contributed by atoms with Crippen LogP contribution in [0.4, 0.5) is 9.18 Å². The summed E-state index contributed by atoms with van der Waals surface area (Å²) in [5.74, 6) is -0.972. The van der Waals surface area contributed by atoms with Crippen LogP contribution in [0.5, 0.6) is 0 Å². The summed E-state index contributed by atoms with van der Waals surface area (Å²) in [4.78, 5) is 25.7. The molecule has 28 heavy (non-hydrogen) atoms. The number of halogens is 1. The zero-order chi connectivity index (χ0) is 20.7. The standard InChI is InChI=1S/C18H26FN3O5S/c1-3-16(21-28(25,26)15-7-5-13(19)6-8-15)17(23)20-14-9-11-22(12-10-14)18(24)27-4-2/h5-8,14,16,21H,3-4,9-12H2,1-2H3,(H,20,23). The Morgan fingerprint density at radius 1 is 1.21 bits per heavy atom. The van der Waals surface area contributed by atoms with Crippen molar-refractivity contribution in [3.63, 3.8) is 0 Å². The molecule has 156 valence electrons. The van der Waals surface area contributed by atoms with Gasteiger partial charge >= 0.3 is 6.09 Å². The van der Waals surface area contributed by atoms with Crippen LogP contribution < -0.4 is 10.0 Å². The normalized spacial score (nSPS) is 16.5. The molecule has 2 rings (SSSR count). The van der Waals surface area contributed by atoms with E-state index < -0.39 is 27.8 Å². The lowest BCUT2D eigenvalue weighted by molar-refractivity contribution is -0.123. The van der Waals surface area contributed by atoms with Gasteiger partial charge in [-0.1, -0.05) is 6.92 Å². The molecule has 1 fully saturated rings. The number of carbonyl (C=O) groups excluding carboxylic acids is 2. The van der Waals surface area contributed by atoms with Crippen molar-refractivity contribution in [2.75, 3.05) is 19.7 Å². The number of hydrogen-bond donors (Lipinski definition) is 2. The molecule has 10 heteroatoms. The molecule has 1 aliphatic heterocycles. The Morgan fingerprint density at radius 3 is 2.36 bits per heavy atom. The minimum Gasteiger partial charge on any atom is -0.450 e. The summed E-state index contributed by atoms with van der Waals surface area (Å²) in [6.45, 7) is 4.66. The topological polar surface area (TPSA) is 105 Å². The molecule has 0 saturated carbocycles. The molecule has 1 saturated heterocycles. The van der Waals surface area contributed by atoms with Crippen LogP contribution in [0.3, 0.4) is 0 Å². The molecule has 1 unspecified atom stereocenters. The molecule has 0 radical (unpaired) electrons. The lowest BCUT2D eigenvalue weighted by Crippen LogP contribution is -2.52. The van der Waals surface area contributed by atoms with Crippen LogP contribution in [0.1, 0.15) is 33.1 Å². The molecule has 0 spiro atoms. The number of hydrogen-bond acceptors (Lipinski definition) is 5. The predicted molar refractivity (Wildman–Crippen MR) is 101 cm³/mol. The molecule has 1 aromatic rings. The summed E-state index contributed by atoms with van der Waals surface area (Å²) in [6, 6.07) is 3.29. The maximum absolute atomic E-state index is 13.0. The van der Waals surface area contributed by atoms with Gasteiger partial charge in [0.1, 0.15) is 11.9 Å². The van der Waals surface area contributed by atoms with Crippen LogP contribution >= 0.6 is 0 Å². The van der Waals surface area contributed by atoms with E-state index in [1.54, 1.807) is 18.7 Å². The van der Waals surface area contributed by atoms with Gasteiger partial charge in [0.15, 0.2) is 0 Å². The largest absolute Gasteiger partial charge is 0.450 e. The molecule has 1 heterocycles. The van der Waals surface area contributed by atoms with Crippen LogP contribution in [0.15, 0.2) is 29.2 Å². The Bertz CT molecular complexity index is 777. The van der Waals surface area contributed by atoms with Crippen molar-refractivity contribution in [3.05, 3.63) is 30.1 Å². The first kappa shape index (κ1) is 22.1. The maximum Gasteiger partial charge on any atom is 0.409 e. The number of piperidine rings is 1. The van der Waals surface area contributed by atoms with Crippen molar-refractivity contribution in [2.45, 2.75) is 50.1 Å². The number of rotatable bonds is 7. The monoisotopic (exact) mass is 415 g/mol. The minimum absolute atomic E-state index is 0.108. The van der Waals surface area contributed by atoms with E-state index in [0.717, 1.165) is 24.3 Å². The number of ether oxygens (including phenoxy) is 1. The van der Waals surface area contributed by atoms with Gasteiger partial charge < -0.3 is 15.0 Å².